The van der Waals surface area contributed by atoms with Crippen LogP contribution in [0.4, 0.5) is 0 Å². The third kappa shape index (κ3) is 3.63. The van der Waals surface area contributed by atoms with E-state index in [9.17, 15) is 4.79 Å². The SMILES string of the molecule is O=C(N1CCCC[C@@H]1CCc1ccccc1)C1(Cn2cccn2)CC1. The lowest BCUT2D eigenvalue weighted by Crippen LogP contribution is -2.48. The Bertz CT molecular complexity index is 691. The van der Waals surface area contributed by atoms with Gasteiger partial charge in [-0.3, -0.25) is 9.48 Å². The van der Waals surface area contributed by atoms with Gasteiger partial charge in [-0.1, -0.05) is 30.3 Å². The molecule has 4 heteroatoms. The van der Waals surface area contributed by atoms with Gasteiger partial charge < -0.3 is 4.90 Å². The summed E-state index contributed by atoms with van der Waals surface area (Å²) in [6.07, 6.45) is 11.5. The van der Waals surface area contributed by atoms with E-state index in [1.54, 1.807) is 6.20 Å². The van der Waals surface area contributed by atoms with Crippen LogP contribution in [0, 0.1) is 5.41 Å². The second-order valence-corrected chi connectivity index (χ2v) is 7.66. The van der Waals surface area contributed by atoms with Crippen molar-refractivity contribution in [3.8, 4) is 0 Å². The molecule has 0 spiro atoms. The number of carbonyl (C=O) groups is 1. The maximum Gasteiger partial charge on any atom is 0.230 e. The Labute approximate surface area is 149 Å². The quantitative estimate of drug-likeness (QED) is 0.806. The molecule has 1 atom stereocenters. The number of hydrogen-bond acceptors (Lipinski definition) is 2. The van der Waals surface area contributed by atoms with E-state index >= 15 is 0 Å². The molecule has 4 rings (SSSR count). The normalized spacial score (nSPS) is 21.9. The van der Waals surface area contributed by atoms with Crippen LogP contribution in [0.1, 0.15) is 44.1 Å². The van der Waals surface area contributed by atoms with Gasteiger partial charge in [0.15, 0.2) is 0 Å². The van der Waals surface area contributed by atoms with E-state index in [0.29, 0.717) is 11.9 Å². The minimum absolute atomic E-state index is 0.186. The summed E-state index contributed by atoms with van der Waals surface area (Å²) in [4.78, 5) is 15.5. The highest BCUT2D eigenvalue weighted by Gasteiger charge is 2.53. The number of likely N-dealkylation sites (tertiary alicyclic amines) is 1. The highest BCUT2D eigenvalue weighted by molar-refractivity contribution is 5.85. The molecule has 0 bridgehead atoms. The first-order chi connectivity index (χ1) is 12.3. The van der Waals surface area contributed by atoms with E-state index in [0.717, 1.165) is 51.6 Å². The van der Waals surface area contributed by atoms with Gasteiger partial charge in [-0.05, 0) is 56.6 Å². The van der Waals surface area contributed by atoms with Crippen LogP contribution >= 0.6 is 0 Å². The molecule has 25 heavy (non-hydrogen) atoms. The molecule has 0 N–H and O–H groups in total. The minimum Gasteiger partial charge on any atom is -0.339 e. The maximum absolute atomic E-state index is 13.3. The van der Waals surface area contributed by atoms with E-state index in [2.05, 4.69) is 40.3 Å². The van der Waals surface area contributed by atoms with Crippen molar-refractivity contribution in [1.82, 2.24) is 14.7 Å². The van der Waals surface area contributed by atoms with Gasteiger partial charge in [0, 0.05) is 25.0 Å². The second kappa shape index (κ2) is 7.03. The fourth-order valence-electron chi connectivity index (χ4n) is 4.15. The van der Waals surface area contributed by atoms with Crippen LogP contribution in [-0.2, 0) is 17.8 Å². The van der Waals surface area contributed by atoms with E-state index in [4.69, 9.17) is 0 Å². The van der Waals surface area contributed by atoms with Gasteiger partial charge in [-0.15, -0.1) is 0 Å². The minimum atomic E-state index is -0.186. The number of carbonyl (C=O) groups excluding carboxylic acids is 1. The molecule has 1 aromatic carbocycles. The Morgan fingerprint density at radius 2 is 2.00 bits per heavy atom. The zero-order chi connectivity index (χ0) is 17.1. The maximum atomic E-state index is 13.3. The van der Waals surface area contributed by atoms with E-state index in [-0.39, 0.29) is 5.41 Å². The van der Waals surface area contributed by atoms with Crippen LogP contribution in [-0.4, -0.2) is 33.2 Å². The van der Waals surface area contributed by atoms with Crippen molar-refractivity contribution in [1.29, 1.82) is 0 Å². The summed E-state index contributed by atoms with van der Waals surface area (Å²) in [7, 11) is 0. The average Bonchev–Trinajstić information content (AvgIpc) is 3.26. The lowest BCUT2D eigenvalue weighted by atomic mass is 9.93. The molecule has 1 saturated carbocycles. The van der Waals surface area contributed by atoms with E-state index in [1.807, 2.05) is 16.9 Å². The number of benzene rings is 1. The van der Waals surface area contributed by atoms with Crippen molar-refractivity contribution >= 4 is 5.91 Å². The summed E-state index contributed by atoms with van der Waals surface area (Å²) in [6, 6.07) is 13.0. The number of aryl methyl sites for hydroxylation is 1. The molecule has 1 aliphatic carbocycles. The Kier molecular flexibility index (Phi) is 4.60. The highest BCUT2D eigenvalue weighted by atomic mass is 16.2. The van der Waals surface area contributed by atoms with Crippen molar-refractivity contribution in [2.24, 2.45) is 5.41 Å². The summed E-state index contributed by atoms with van der Waals surface area (Å²) >= 11 is 0. The molecular weight excluding hydrogens is 310 g/mol. The lowest BCUT2D eigenvalue weighted by molar-refractivity contribution is -0.141. The zero-order valence-electron chi connectivity index (χ0n) is 14.8. The third-order valence-electron chi connectivity index (χ3n) is 5.83. The molecule has 132 valence electrons. The molecule has 2 aromatic rings. The zero-order valence-corrected chi connectivity index (χ0v) is 14.8. The van der Waals surface area contributed by atoms with Crippen molar-refractivity contribution in [3.63, 3.8) is 0 Å². The third-order valence-corrected chi connectivity index (χ3v) is 5.83. The Morgan fingerprint density at radius 3 is 2.72 bits per heavy atom. The first kappa shape index (κ1) is 16.4. The van der Waals surface area contributed by atoms with Gasteiger partial charge in [0.2, 0.25) is 5.91 Å². The molecule has 2 heterocycles. The fourth-order valence-corrected chi connectivity index (χ4v) is 4.15. The fraction of sp³-hybridized carbons (Fsp3) is 0.524. The van der Waals surface area contributed by atoms with Gasteiger partial charge in [0.25, 0.3) is 0 Å². The molecule has 1 saturated heterocycles. The molecule has 0 unspecified atom stereocenters. The van der Waals surface area contributed by atoms with Crippen molar-refractivity contribution < 1.29 is 4.79 Å². The lowest BCUT2D eigenvalue weighted by Gasteiger charge is -2.38. The Balaban J connectivity index is 1.42. The summed E-state index contributed by atoms with van der Waals surface area (Å²) in [6.45, 7) is 1.67. The molecule has 1 aromatic heterocycles. The number of rotatable bonds is 6. The summed E-state index contributed by atoms with van der Waals surface area (Å²) in [5.74, 6) is 0.376. The van der Waals surface area contributed by atoms with Crippen LogP contribution in [0.5, 0.6) is 0 Å². The number of aromatic nitrogens is 2. The van der Waals surface area contributed by atoms with Crippen molar-refractivity contribution in [2.75, 3.05) is 6.54 Å². The number of amides is 1. The first-order valence-corrected chi connectivity index (χ1v) is 9.59. The van der Waals surface area contributed by atoms with Crippen molar-refractivity contribution in [2.45, 2.75) is 57.5 Å². The average molecular weight is 337 g/mol. The van der Waals surface area contributed by atoms with Crippen LogP contribution < -0.4 is 0 Å². The Hall–Kier alpha value is -2.10. The molecular formula is C21H27N3O. The van der Waals surface area contributed by atoms with Gasteiger partial charge in [-0.2, -0.15) is 5.10 Å². The highest BCUT2D eigenvalue weighted by Crippen LogP contribution is 2.49. The smallest absolute Gasteiger partial charge is 0.230 e. The predicted octanol–water partition coefficient (Wildman–Crippen LogP) is 3.68. The summed E-state index contributed by atoms with van der Waals surface area (Å²) < 4.78 is 1.92. The van der Waals surface area contributed by atoms with Gasteiger partial charge in [-0.25, -0.2) is 0 Å². The number of hydrogen-bond donors (Lipinski definition) is 0. The van der Waals surface area contributed by atoms with E-state index in [1.165, 1.54) is 12.0 Å². The summed E-state index contributed by atoms with van der Waals surface area (Å²) in [5.41, 5.74) is 1.19. The topological polar surface area (TPSA) is 38.1 Å². The molecule has 2 fully saturated rings. The first-order valence-electron chi connectivity index (χ1n) is 9.59. The second-order valence-electron chi connectivity index (χ2n) is 7.66. The standard InChI is InChI=1S/C21H27N3O/c25-20(21(12-13-21)17-23-15-6-14-22-23)24-16-5-4-9-19(24)11-10-18-7-2-1-3-8-18/h1-3,6-8,14-15,19H,4-5,9-13,16-17H2/t19-/m1/s1. The molecule has 1 amide bonds. The number of nitrogens with zero attached hydrogens (tertiary/aromatic N) is 3. The largest absolute Gasteiger partial charge is 0.339 e. The molecule has 0 radical (unpaired) electrons. The molecule has 4 nitrogen and oxygen atoms in total. The number of piperidine rings is 1. The van der Waals surface area contributed by atoms with Gasteiger partial charge in [0.1, 0.15) is 0 Å². The van der Waals surface area contributed by atoms with Crippen molar-refractivity contribution in [3.05, 3.63) is 54.4 Å². The van der Waals surface area contributed by atoms with E-state index < -0.39 is 0 Å². The molecule has 1 aliphatic heterocycles. The van der Waals surface area contributed by atoms with Crippen LogP contribution in [0.2, 0.25) is 0 Å². The molecule has 2 aliphatic rings. The van der Waals surface area contributed by atoms with Crippen LogP contribution in [0.15, 0.2) is 48.8 Å². The monoisotopic (exact) mass is 337 g/mol. The predicted molar refractivity (Wildman–Crippen MR) is 98.0 cm³/mol. The summed E-state index contributed by atoms with van der Waals surface area (Å²) in [5, 5.41) is 4.31. The van der Waals surface area contributed by atoms with Crippen LogP contribution in [0.3, 0.4) is 0 Å². The van der Waals surface area contributed by atoms with Crippen LogP contribution in [0.25, 0.3) is 0 Å². The van der Waals surface area contributed by atoms with Gasteiger partial charge in [0.05, 0.1) is 12.0 Å². The Morgan fingerprint density at radius 1 is 1.16 bits per heavy atom. The van der Waals surface area contributed by atoms with Gasteiger partial charge >= 0.3 is 0 Å².